The van der Waals surface area contributed by atoms with E-state index in [0.29, 0.717) is 0 Å². The number of hydrogen-bond acceptors (Lipinski definition) is 0. The van der Waals surface area contributed by atoms with Crippen LogP contribution < -0.4 is 47.6 Å². The van der Waals surface area contributed by atoms with Crippen LogP contribution >= 0.6 is 0 Å². The van der Waals surface area contributed by atoms with Gasteiger partial charge in [0, 0.05) is 0 Å². The first kappa shape index (κ1) is 27.7. The number of hydrogen-bond donors (Lipinski definition) is 0. The van der Waals surface area contributed by atoms with Gasteiger partial charge in [0.05, 0.1) is 0 Å². The average molecular weight is 486 g/mol. The normalized spacial score (nSPS) is 13.3. The molecule has 3 rings (SSSR count). The molecule has 0 amide bonds. The van der Waals surface area contributed by atoms with E-state index in [-0.39, 0.29) is 37.2 Å². The van der Waals surface area contributed by atoms with Gasteiger partial charge in [-0.1, -0.05) is 0 Å². The maximum atomic E-state index is 2.44. The van der Waals surface area contributed by atoms with Gasteiger partial charge in [0.15, 0.2) is 0 Å². The molecule has 0 atom stereocenters. The quantitative estimate of drug-likeness (QED) is 0.384. The van der Waals surface area contributed by atoms with E-state index in [1.165, 1.54) is 26.1 Å². The smallest absolute Gasteiger partial charge is 1.00 e. The summed E-state index contributed by atoms with van der Waals surface area (Å²) in [5.41, 5.74) is 8.64. The zero-order chi connectivity index (χ0) is 18.3. The fraction of sp³-hybridized carbons (Fsp3) is 0.304. The standard InChI is InChI=1S/C23H27Si.3ClH.Ti/c1-15-7-16(2)11-21(10-15)24(23-14-19(5)9-20(23)6)22-12-17(3)8-18(4)13-22;;;;/h7-8,10-13,24H,14H2,1-6H3;3*1H;/q;;;;+3/p-3. The second-order valence-electron chi connectivity index (χ2n) is 7.76. The van der Waals surface area contributed by atoms with Crippen LogP contribution in [-0.2, 0) is 20.4 Å². The fourth-order valence-corrected chi connectivity index (χ4v) is 8.86. The van der Waals surface area contributed by atoms with Crippen LogP contribution in [0.15, 0.2) is 56.6 Å². The molecule has 0 spiro atoms. The Hall–Kier alpha value is -0.279. The van der Waals surface area contributed by atoms with Crippen molar-refractivity contribution in [2.24, 2.45) is 0 Å². The van der Waals surface area contributed by atoms with Gasteiger partial charge >= 0.3 is 166 Å². The summed E-state index contributed by atoms with van der Waals surface area (Å²) in [6.07, 6.45) is 1.16. The third-order valence-corrected chi connectivity index (χ3v) is 9.83. The van der Waals surface area contributed by atoms with Crippen LogP contribution in [0.3, 0.4) is 0 Å². The van der Waals surface area contributed by atoms with Crippen LogP contribution in [0.4, 0.5) is 0 Å². The molecule has 28 heavy (non-hydrogen) atoms. The number of aryl methyl sites for hydroxylation is 4. The van der Waals surface area contributed by atoms with E-state index in [2.05, 4.69) is 98.4 Å². The summed E-state index contributed by atoms with van der Waals surface area (Å²) >= 11 is 2.30. The molecule has 0 saturated heterocycles. The molecule has 148 valence electrons. The minimum absolute atomic E-state index is 0. The van der Waals surface area contributed by atoms with E-state index >= 15 is 0 Å². The van der Waals surface area contributed by atoms with Crippen LogP contribution in [-0.4, -0.2) is 8.80 Å². The molecule has 2 aromatic rings. The Labute approximate surface area is 202 Å². The molecular weight excluding hydrogens is 459 g/mol. The summed E-state index contributed by atoms with van der Waals surface area (Å²) in [6.45, 7) is 13.6. The molecule has 0 saturated carbocycles. The molecular formula is C23H27Cl3SiTi. The third kappa shape index (κ3) is 5.88. The van der Waals surface area contributed by atoms with Gasteiger partial charge in [-0.3, -0.25) is 0 Å². The van der Waals surface area contributed by atoms with Crippen molar-refractivity contribution in [2.45, 2.75) is 48.0 Å². The molecule has 2 aromatic carbocycles. The van der Waals surface area contributed by atoms with Gasteiger partial charge in [0.1, 0.15) is 0 Å². The largest absolute Gasteiger partial charge is 1.00 e. The minimum Gasteiger partial charge on any atom is -1.00 e. The van der Waals surface area contributed by atoms with Crippen molar-refractivity contribution in [2.75, 3.05) is 0 Å². The molecule has 0 aromatic heterocycles. The summed E-state index contributed by atoms with van der Waals surface area (Å²) in [4.78, 5) is 0. The van der Waals surface area contributed by atoms with Crippen LogP contribution in [0.5, 0.6) is 0 Å². The third-order valence-electron chi connectivity index (χ3n) is 5.24. The van der Waals surface area contributed by atoms with Gasteiger partial charge in [-0.25, -0.2) is 0 Å². The Kier molecular flexibility index (Phi) is 11.1. The van der Waals surface area contributed by atoms with Crippen LogP contribution in [0.1, 0.15) is 42.5 Å². The van der Waals surface area contributed by atoms with Crippen molar-refractivity contribution < 1.29 is 57.7 Å². The number of allylic oxidation sites excluding steroid dienone is 4. The molecule has 0 unspecified atom stereocenters. The Morgan fingerprint density at radius 3 is 1.29 bits per heavy atom. The van der Waals surface area contributed by atoms with Crippen molar-refractivity contribution in [3.8, 4) is 0 Å². The van der Waals surface area contributed by atoms with E-state index < -0.39 is 8.80 Å². The Bertz CT molecular complexity index is 824. The molecule has 0 nitrogen and oxygen atoms in total. The zero-order valence-corrected chi connectivity index (χ0v) is 22.4. The summed E-state index contributed by atoms with van der Waals surface area (Å²) < 4.78 is 1.52. The van der Waals surface area contributed by atoms with Gasteiger partial charge < -0.3 is 37.2 Å². The van der Waals surface area contributed by atoms with Crippen molar-refractivity contribution in [1.29, 1.82) is 0 Å². The van der Waals surface area contributed by atoms with Crippen LogP contribution in [0.2, 0.25) is 0 Å². The number of benzene rings is 2. The van der Waals surface area contributed by atoms with Gasteiger partial charge in [-0.05, 0) is 0 Å². The van der Waals surface area contributed by atoms with Crippen molar-refractivity contribution in [1.82, 2.24) is 0 Å². The van der Waals surface area contributed by atoms with E-state index in [1.807, 2.05) is 0 Å². The minimum atomic E-state index is -1.41. The molecule has 0 aliphatic heterocycles. The summed E-state index contributed by atoms with van der Waals surface area (Å²) in [6, 6.07) is 14.3. The van der Waals surface area contributed by atoms with E-state index in [0.717, 1.165) is 6.42 Å². The predicted molar refractivity (Wildman–Crippen MR) is 108 cm³/mol. The van der Waals surface area contributed by atoms with Crippen LogP contribution in [0.25, 0.3) is 0 Å². The molecule has 1 aliphatic rings. The second-order valence-corrected chi connectivity index (χ2v) is 11.4. The molecule has 5 heteroatoms. The van der Waals surface area contributed by atoms with Crippen LogP contribution in [0, 0.1) is 27.7 Å². The Morgan fingerprint density at radius 1 is 0.643 bits per heavy atom. The molecule has 0 fully saturated rings. The van der Waals surface area contributed by atoms with E-state index in [4.69, 9.17) is 0 Å². The van der Waals surface area contributed by atoms with E-state index in [1.54, 1.807) is 26.7 Å². The topological polar surface area (TPSA) is 0 Å². The van der Waals surface area contributed by atoms with Gasteiger partial charge in [-0.2, -0.15) is 0 Å². The summed E-state index contributed by atoms with van der Waals surface area (Å²) in [7, 11) is -1.41. The van der Waals surface area contributed by atoms with Gasteiger partial charge in [0.2, 0.25) is 0 Å². The van der Waals surface area contributed by atoms with Gasteiger partial charge in [0.25, 0.3) is 0 Å². The second kappa shape index (κ2) is 11.2. The maximum absolute atomic E-state index is 2.44. The monoisotopic (exact) mass is 484 g/mol. The first-order valence-corrected chi connectivity index (χ1v) is 11.6. The van der Waals surface area contributed by atoms with Gasteiger partial charge in [-0.15, -0.1) is 0 Å². The molecule has 0 N–H and O–H groups in total. The average Bonchev–Trinajstić information content (AvgIpc) is 2.73. The predicted octanol–water partition coefficient (Wildman–Crippen LogP) is -4.65. The number of halogens is 3. The molecule has 0 radical (unpaired) electrons. The molecule has 1 aliphatic carbocycles. The first-order chi connectivity index (χ1) is 11.8. The SMILES string of the molecule is CC1=[C]([Ti+3])C(C)=C([SiH](c2cc(C)cc(C)c2)c2cc(C)cc(C)c2)C1.[Cl-].[Cl-].[Cl-]. The Balaban J connectivity index is 0.00000243. The zero-order valence-electron chi connectivity index (χ0n) is 17.4. The molecule has 0 bridgehead atoms. The number of rotatable bonds is 3. The Morgan fingerprint density at radius 2 is 1.00 bits per heavy atom. The summed E-state index contributed by atoms with van der Waals surface area (Å²) in [5.74, 6) is 0. The van der Waals surface area contributed by atoms with Crippen molar-refractivity contribution >= 4 is 19.2 Å². The molecule has 0 heterocycles. The van der Waals surface area contributed by atoms with Crippen molar-refractivity contribution in [3.63, 3.8) is 0 Å². The van der Waals surface area contributed by atoms with E-state index in [9.17, 15) is 0 Å². The first-order valence-electron chi connectivity index (χ1n) is 9.04. The van der Waals surface area contributed by atoms with Crippen molar-refractivity contribution in [3.05, 3.63) is 78.9 Å². The maximum Gasteiger partial charge on any atom is -1.00 e. The fourth-order valence-electron chi connectivity index (χ4n) is 4.25. The summed E-state index contributed by atoms with van der Waals surface area (Å²) in [5, 5.41) is 4.85.